The molecule has 2 amide bonds. The molecule has 5 rings (SSSR count). The average Bonchev–Trinajstić information content (AvgIpc) is 3.53. The molecule has 174 valence electrons. The van der Waals surface area contributed by atoms with Crippen LogP contribution in [0.5, 0.6) is 0 Å². The van der Waals surface area contributed by atoms with Crippen LogP contribution in [0, 0.1) is 0 Å². The summed E-state index contributed by atoms with van der Waals surface area (Å²) in [4.78, 5) is 36.3. The Hall–Kier alpha value is -1.54. The number of hydrogen-bond donors (Lipinski definition) is 2. The normalized spacial score (nSPS) is 15.0. The number of fused-ring (bicyclic) bond motifs is 2. The van der Waals surface area contributed by atoms with Gasteiger partial charge in [-0.2, -0.15) is 0 Å². The van der Waals surface area contributed by atoms with E-state index in [2.05, 4.69) is 30.8 Å². The fourth-order valence-corrected chi connectivity index (χ4v) is 8.44. The van der Waals surface area contributed by atoms with Crippen LogP contribution >= 0.6 is 57.5 Å². The van der Waals surface area contributed by atoms with Gasteiger partial charge in [0.05, 0.1) is 22.9 Å². The molecule has 3 aromatic rings. The van der Waals surface area contributed by atoms with Gasteiger partial charge in [0.2, 0.25) is 11.8 Å². The fourth-order valence-electron chi connectivity index (χ4n) is 3.69. The third-order valence-electron chi connectivity index (χ3n) is 5.23. The zero-order chi connectivity index (χ0) is 22.6. The van der Waals surface area contributed by atoms with Crippen LogP contribution in [0.15, 0.2) is 8.68 Å². The minimum absolute atomic E-state index is 0.0963. The third-order valence-corrected chi connectivity index (χ3v) is 10.6. The maximum absolute atomic E-state index is 12.3. The molecule has 0 aromatic carbocycles. The van der Waals surface area contributed by atoms with E-state index < -0.39 is 0 Å². The maximum atomic E-state index is 12.3. The Morgan fingerprint density at radius 1 is 0.697 bits per heavy atom. The number of rotatable bonds is 8. The number of thiazole rings is 2. The summed E-state index contributed by atoms with van der Waals surface area (Å²) in [6, 6.07) is 0. The monoisotopic (exact) mass is 538 g/mol. The van der Waals surface area contributed by atoms with Crippen molar-refractivity contribution in [2.24, 2.45) is 0 Å². The minimum atomic E-state index is -0.0963. The van der Waals surface area contributed by atoms with Gasteiger partial charge < -0.3 is 10.6 Å². The summed E-state index contributed by atoms with van der Waals surface area (Å²) >= 11 is 7.25. The van der Waals surface area contributed by atoms with Gasteiger partial charge in [-0.3, -0.25) is 9.59 Å². The Bertz CT molecular complexity index is 1020. The van der Waals surface area contributed by atoms with Crippen LogP contribution in [0.3, 0.4) is 0 Å². The molecule has 0 bridgehead atoms. The molecular formula is C20H22N6O2S5. The van der Waals surface area contributed by atoms with Gasteiger partial charge in [-0.15, -0.1) is 32.9 Å². The number of carbonyl (C=O) groups excluding carboxylic acids is 2. The Morgan fingerprint density at radius 2 is 1.15 bits per heavy atom. The number of aromatic nitrogens is 4. The van der Waals surface area contributed by atoms with Crippen LogP contribution in [0.2, 0.25) is 0 Å². The molecule has 8 nitrogen and oxygen atoms in total. The highest BCUT2D eigenvalue weighted by atomic mass is 32.2. The highest BCUT2D eigenvalue weighted by Gasteiger charge is 2.18. The van der Waals surface area contributed by atoms with Crippen molar-refractivity contribution < 1.29 is 9.59 Å². The van der Waals surface area contributed by atoms with Crippen molar-refractivity contribution in [3.05, 3.63) is 21.1 Å². The van der Waals surface area contributed by atoms with E-state index in [1.54, 1.807) is 22.7 Å². The third kappa shape index (κ3) is 6.13. The van der Waals surface area contributed by atoms with Crippen molar-refractivity contribution in [1.82, 2.24) is 20.2 Å². The van der Waals surface area contributed by atoms with Gasteiger partial charge in [-0.05, 0) is 51.4 Å². The summed E-state index contributed by atoms with van der Waals surface area (Å²) in [7, 11) is 0. The molecule has 13 heteroatoms. The van der Waals surface area contributed by atoms with Crippen LogP contribution < -0.4 is 10.6 Å². The number of thioether (sulfide) groups is 2. The Morgan fingerprint density at radius 3 is 1.61 bits per heavy atom. The molecule has 3 heterocycles. The molecule has 0 atom stereocenters. The number of amides is 2. The molecule has 0 aliphatic heterocycles. The number of hydrogen-bond acceptors (Lipinski definition) is 11. The number of carbonyl (C=O) groups is 2. The first-order chi connectivity index (χ1) is 16.1. The SMILES string of the molecule is O=C(CSc1nnc(SCC(=O)Nc2nc3c(s2)CCCC3)s1)Nc1nc2c(s1)CCCC2. The quantitative estimate of drug-likeness (QED) is 0.398. The molecule has 3 aromatic heterocycles. The van der Waals surface area contributed by atoms with Crippen LogP contribution in [-0.2, 0) is 35.3 Å². The van der Waals surface area contributed by atoms with E-state index in [-0.39, 0.29) is 23.3 Å². The standard InChI is InChI=1S/C20H22N6O2S5/c27-15(23-17-21-11-5-1-3-7-13(11)31-17)9-29-19-25-26-20(33-19)30-10-16(28)24-18-22-12-6-2-4-8-14(12)32-18/h1-10H2,(H,21,23,27)(H,22,24,28). The van der Waals surface area contributed by atoms with Gasteiger partial charge in [-0.25, -0.2) is 9.97 Å². The fraction of sp³-hybridized carbons (Fsp3) is 0.500. The van der Waals surface area contributed by atoms with E-state index in [1.165, 1.54) is 70.3 Å². The van der Waals surface area contributed by atoms with Crippen molar-refractivity contribution in [2.45, 2.75) is 60.0 Å². The van der Waals surface area contributed by atoms with Gasteiger partial charge in [0.25, 0.3) is 0 Å². The summed E-state index contributed by atoms with van der Waals surface area (Å²) < 4.78 is 1.41. The van der Waals surface area contributed by atoms with Crippen molar-refractivity contribution >= 4 is 79.6 Å². The van der Waals surface area contributed by atoms with Gasteiger partial charge in [-0.1, -0.05) is 34.9 Å². The largest absolute Gasteiger partial charge is 0.301 e. The molecule has 2 aliphatic rings. The first kappa shape index (κ1) is 23.2. The van der Waals surface area contributed by atoms with Crippen LogP contribution in [-0.4, -0.2) is 43.5 Å². The van der Waals surface area contributed by atoms with Gasteiger partial charge in [0.1, 0.15) is 0 Å². The lowest BCUT2D eigenvalue weighted by Crippen LogP contribution is -2.13. The van der Waals surface area contributed by atoms with E-state index in [0.717, 1.165) is 37.1 Å². The van der Waals surface area contributed by atoms with E-state index >= 15 is 0 Å². The highest BCUT2D eigenvalue weighted by molar-refractivity contribution is 8.03. The maximum Gasteiger partial charge on any atom is 0.236 e. The Labute approximate surface area is 211 Å². The average molecular weight is 539 g/mol. The second kappa shape index (κ2) is 10.8. The molecule has 0 fully saturated rings. The lowest BCUT2D eigenvalue weighted by molar-refractivity contribution is -0.114. The first-order valence-corrected chi connectivity index (χ1v) is 15.2. The molecule has 0 saturated heterocycles. The van der Waals surface area contributed by atoms with Crippen LogP contribution in [0.1, 0.15) is 46.8 Å². The predicted molar refractivity (Wildman–Crippen MR) is 136 cm³/mol. The van der Waals surface area contributed by atoms with E-state index in [4.69, 9.17) is 0 Å². The van der Waals surface area contributed by atoms with E-state index in [9.17, 15) is 9.59 Å². The number of anilines is 2. The second-order valence-corrected chi connectivity index (χ2v) is 13.3. The van der Waals surface area contributed by atoms with Crippen molar-refractivity contribution in [3.8, 4) is 0 Å². The molecule has 2 aliphatic carbocycles. The number of nitrogens with zero attached hydrogens (tertiary/aromatic N) is 4. The van der Waals surface area contributed by atoms with E-state index in [1.807, 2.05) is 0 Å². The van der Waals surface area contributed by atoms with Gasteiger partial charge in [0, 0.05) is 9.75 Å². The Kier molecular flexibility index (Phi) is 7.60. The smallest absolute Gasteiger partial charge is 0.236 e. The number of nitrogens with one attached hydrogen (secondary N) is 2. The highest BCUT2D eigenvalue weighted by Crippen LogP contribution is 2.32. The predicted octanol–water partition coefficient (Wildman–Crippen LogP) is 4.67. The molecule has 2 N–H and O–H groups in total. The summed E-state index contributed by atoms with van der Waals surface area (Å²) in [6.45, 7) is 0. The minimum Gasteiger partial charge on any atom is -0.301 e. The molecule has 0 unspecified atom stereocenters. The van der Waals surface area contributed by atoms with Crippen LogP contribution in [0.25, 0.3) is 0 Å². The van der Waals surface area contributed by atoms with Gasteiger partial charge in [0.15, 0.2) is 18.9 Å². The molecule has 0 radical (unpaired) electrons. The van der Waals surface area contributed by atoms with Crippen molar-refractivity contribution in [3.63, 3.8) is 0 Å². The zero-order valence-electron chi connectivity index (χ0n) is 17.7. The van der Waals surface area contributed by atoms with Crippen LogP contribution in [0.4, 0.5) is 10.3 Å². The molecule has 0 saturated carbocycles. The topological polar surface area (TPSA) is 110 Å². The van der Waals surface area contributed by atoms with Crippen molar-refractivity contribution in [1.29, 1.82) is 0 Å². The first-order valence-electron chi connectivity index (χ1n) is 10.8. The Balaban J connectivity index is 1.05. The second-order valence-electron chi connectivity index (χ2n) is 7.70. The van der Waals surface area contributed by atoms with Gasteiger partial charge >= 0.3 is 0 Å². The van der Waals surface area contributed by atoms with E-state index in [0.29, 0.717) is 18.9 Å². The number of aryl methyl sites for hydroxylation is 4. The summed E-state index contributed by atoms with van der Waals surface area (Å²) in [6.07, 6.45) is 8.88. The molecule has 33 heavy (non-hydrogen) atoms. The molecular weight excluding hydrogens is 517 g/mol. The summed E-state index contributed by atoms with van der Waals surface area (Å²) in [5.41, 5.74) is 2.27. The summed E-state index contributed by atoms with van der Waals surface area (Å²) in [5, 5.41) is 15.4. The zero-order valence-corrected chi connectivity index (χ0v) is 21.8. The van der Waals surface area contributed by atoms with Crippen molar-refractivity contribution in [2.75, 3.05) is 22.1 Å². The lowest BCUT2D eigenvalue weighted by atomic mass is 10.0. The summed E-state index contributed by atoms with van der Waals surface area (Å²) in [5.74, 6) is 0.305. The molecule has 0 spiro atoms. The lowest BCUT2D eigenvalue weighted by Gasteiger charge is -2.06.